The molecule has 0 spiro atoms. The molecule has 2 atom stereocenters. The minimum absolute atomic E-state index is 0.253. The van der Waals surface area contributed by atoms with Gasteiger partial charge in [-0.25, -0.2) is 4.79 Å². The molecule has 1 rings (SSSR count). The van der Waals surface area contributed by atoms with E-state index in [1.54, 1.807) is 6.92 Å². The maximum absolute atomic E-state index is 12.0. The van der Waals surface area contributed by atoms with E-state index in [1.165, 1.54) is 0 Å². The number of benzene rings is 1. The van der Waals surface area contributed by atoms with E-state index in [9.17, 15) is 14.7 Å². The summed E-state index contributed by atoms with van der Waals surface area (Å²) >= 11 is 0. The predicted octanol–water partition coefficient (Wildman–Crippen LogP) is 2.40. The van der Waals surface area contributed by atoms with Crippen molar-refractivity contribution in [2.75, 3.05) is 0 Å². The van der Waals surface area contributed by atoms with Crippen molar-refractivity contribution >= 4 is 11.9 Å². The van der Waals surface area contributed by atoms with Gasteiger partial charge in [-0.2, -0.15) is 0 Å². The number of rotatable bonds is 7. The second-order valence-electron chi connectivity index (χ2n) is 5.15. The number of hydrogen-bond donors (Lipinski definition) is 2. The molecule has 0 saturated heterocycles. The number of carbonyl (C=O) groups is 2. The standard InChI is InChI=1S/C16H21NO3/c1-11(2)9-12(3)15(18)17-14(16(19)20)10-13-7-5-4-6-8-13/h4-8,12,14H,1,9-10H2,2-3H3,(H,17,18)(H,19,20). The zero-order valence-electron chi connectivity index (χ0n) is 11.9. The average Bonchev–Trinajstić information content (AvgIpc) is 2.38. The lowest BCUT2D eigenvalue weighted by Crippen LogP contribution is -2.44. The molecule has 0 radical (unpaired) electrons. The number of carboxylic acids is 1. The van der Waals surface area contributed by atoms with Crippen LogP contribution in [0.4, 0.5) is 0 Å². The molecule has 1 aromatic rings. The molecule has 0 aliphatic rings. The predicted molar refractivity (Wildman–Crippen MR) is 78.3 cm³/mol. The van der Waals surface area contributed by atoms with E-state index in [0.717, 1.165) is 11.1 Å². The molecule has 0 aliphatic carbocycles. The molecule has 4 heteroatoms. The summed E-state index contributed by atoms with van der Waals surface area (Å²) < 4.78 is 0. The summed E-state index contributed by atoms with van der Waals surface area (Å²) in [6.45, 7) is 7.38. The van der Waals surface area contributed by atoms with Crippen LogP contribution in [0.15, 0.2) is 42.5 Å². The lowest BCUT2D eigenvalue weighted by molar-refractivity contribution is -0.142. The van der Waals surface area contributed by atoms with E-state index in [1.807, 2.05) is 37.3 Å². The molecule has 1 amide bonds. The van der Waals surface area contributed by atoms with Crippen molar-refractivity contribution in [1.82, 2.24) is 5.32 Å². The van der Waals surface area contributed by atoms with Crippen molar-refractivity contribution in [3.8, 4) is 0 Å². The van der Waals surface area contributed by atoms with Crippen LogP contribution in [-0.4, -0.2) is 23.0 Å². The zero-order chi connectivity index (χ0) is 15.1. The lowest BCUT2D eigenvalue weighted by atomic mass is 10.0. The topological polar surface area (TPSA) is 66.4 Å². The first-order chi connectivity index (χ1) is 9.40. The molecule has 2 N–H and O–H groups in total. The molecule has 0 heterocycles. The van der Waals surface area contributed by atoms with Gasteiger partial charge >= 0.3 is 5.97 Å². The van der Waals surface area contributed by atoms with Crippen LogP contribution >= 0.6 is 0 Å². The van der Waals surface area contributed by atoms with Gasteiger partial charge < -0.3 is 10.4 Å². The van der Waals surface area contributed by atoms with Crippen LogP contribution in [0.3, 0.4) is 0 Å². The molecule has 0 bridgehead atoms. The average molecular weight is 275 g/mol. The lowest BCUT2D eigenvalue weighted by Gasteiger charge is -2.18. The van der Waals surface area contributed by atoms with E-state index in [4.69, 9.17) is 0 Å². The minimum Gasteiger partial charge on any atom is -0.480 e. The van der Waals surface area contributed by atoms with Gasteiger partial charge in [0.05, 0.1) is 0 Å². The third-order valence-corrected chi connectivity index (χ3v) is 3.00. The Bertz CT molecular complexity index is 482. The summed E-state index contributed by atoms with van der Waals surface area (Å²) in [5.74, 6) is -1.55. The van der Waals surface area contributed by atoms with Gasteiger partial charge in [-0.15, -0.1) is 6.58 Å². The molecule has 2 unspecified atom stereocenters. The number of amides is 1. The van der Waals surface area contributed by atoms with Crippen molar-refractivity contribution in [2.45, 2.75) is 32.7 Å². The number of carbonyl (C=O) groups excluding carboxylic acids is 1. The molecule has 0 saturated carbocycles. The van der Waals surface area contributed by atoms with Gasteiger partial charge in [0.2, 0.25) is 5.91 Å². The van der Waals surface area contributed by atoms with Gasteiger partial charge in [0.25, 0.3) is 0 Å². The highest BCUT2D eigenvalue weighted by Gasteiger charge is 2.23. The first-order valence-electron chi connectivity index (χ1n) is 6.61. The van der Waals surface area contributed by atoms with Crippen LogP contribution in [0, 0.1) is 5.92 Å². The van der Waals surface area contributed by atoms with E-state index in [2.05, 4.69) is 11.9 Å². The van der Waals surface area contributed by atoms with Crippen molar-refractivity contribution < 1.29 is 14.7 Å². The van der Waals surface area contributed by atoms with E-state index >= 15 is 0 Å². The maximum Gasteiger partial charge on any atom is 0.326 e. The SMILES string of the molecule is C=C(C)CC(C)C(=O)NC(Cc1ccccc1)C(=O)O. The van der Waals surface area contributed by atoms with E-state index in [-0.39, 0.29) is 18.2 Å². The molecule has 108 valence electrons. The third-order valence-electron chi connectivity index (χ3n) is 3.00. The van der Waals surface area contributed by atoms with Gasteiger partial charge in [-0.05, 0) is 18.9 Å². The fourth-order valence-corrected chi connectivity index (χ4v) is 1.98. The molecule has 1 aromatic carbocycles. The fraction of sp³-hybridized carbons (Fsp3) is 0.375. The first-order valence-corrected chi connectivity index (χ1v) is 6.61. The van der Waals surface area contributed by atoms with Crippen molar-refractivity contribution in [2.24, 2.45) is 5.92 Å². The van der Waals surface area contributed by atoms with E-state index < -0.39 is 12.0 Å². The highest BCUT2D eigenvalue weighted by Crippen LogP contribution is 2.10. The Morgan fingerprint density at radius 1 is 1.30 bits per heavy atom. The normalized spacial score (nSPS) is 13.3. The van der Waals surface area contributed by atoms with Gasteiger partial charge in [-0.1, -0.05) is 42.8 Å². The molecule has 0 aromatic heterocycles. The summed E-state index contributed by atoms with van der Waals surface area (Å²) in [6, 6.07) is 8.35. The number of nitrogens with one attached hydrogen (secondary N) is 1. The molecular weight excluding hydrogens is 254 g/mol. The Labute approximate surface area is 119 Å². The van der Waals surface area contributed by atoms with Crippen LogP contribution in [0.5, 0.6) is 0 Å². The number of carboxylic acid groups (broad SMARTS) is 1. The zero-order valence-corrected chi connectivity index (χ0v) is 11.9. The van der Waals surface area contributed by atoms with Crippen LogP contribution in [0.1, 0.15) is 25.8 Å². The monoisotopic (exact) mass is 275 g/mol. The second kappa shape index (κ2) is 7.48. The van der Waals surface area contributed by atoms with E-state index in [0.29, 0.717) is 6.42 Å². The number of hydrogen-bond acceptors (Lipinski definition) is 2. The van der Waals surface area contributed by atoms with Crippen LogP contribution in [0.2, 0.25) is 0 Å². The Morgan fingerprint density at radius 3 is 2.40 bits per heavy atom. The van der Waals surface area contributed by atoms with Crippen molar-refractivity contribution in [3.63, 3.8) is 0 Å². The molecule has 0 fully saturated rings. The highest BCUT2D eigenvalue weighted by molar-refractivity contribution is 5.85. The van der Waals surface area contributed by atoms with Crippen LogP contribution < -0.4 is 5.32 Å². The summed E-state index contributed by atoms with van der Waals surface area (Å²) in [5, 5.41) is 11.8. The molecule has 0 aliphatic heterocycles. The number of aliphatic carboxylic acids is 1. The van der Waals surface area contributed by atoms with Crippen LogP contribution in [-0.2, 0) is 16.0 Å². The minimum atomic E-state index is -1.02. The summed E-state index contributed by atoms with van der Waals surface area (Å²) in [4.78, 5) is 23.2. The molecule has 4 nitrogen and oxygen atoms in total. The van der Waals surface area contributed by atoms with Gasteiger partial charge in [0.1, 0.15) is 6.04 Å². The fourth-order valence-electron chi connectivity index (χ4n) is 1.98. The Hall–Kier alpha value is -2.10. The Balaban J connectivity index is 2.66. The quantitative estimate of drug-likeness (QED) is 0.751. The molecule has 20 heavy (non-hydrogen) atoms. The van der Waals surface area contributed by atoms with Crippen molar-refractivity contribution in [3.05, 3.63) is 48.0 Å². The largest absolute Gasteiger partial charge is 0.480 e. The Kier molecular flexibility index (Phi) is 5.97. The van der Waals surface area contributed by atoms with Crippen molar-refractivity contribution in [1.29, 1.82) is 0 Å². The number of allylic oxidation sites excluding steroid dienone is 1. The van der Waals surface area contributed by atoms with Gasteiger partial charge in [0, 0.05) is 12.3 Å². The first kappa shape index (κ1) is 16.0. The van der Waals surface area contributed by atoms with Gasteiger partial charge in [0.15, 0.2) is 0 Å². The maximum atomic E-state index is 12.0. The summed E-state index contributed by atoms with van der Waals surface area (Å²) in [6.07, 6.45) is 0.839. The van der Waals surface area contributed by atoms with Crippen LogP contribution in [0.25, 0.3) is 0 Å². The highest BCUT2D eigenvalue weighted by atomic mass is 16.4. The summed E-state index contributed by atoms with van der Waals surface area (Å²) in [7, 11) is 0. The smallest absolute Gasteiger partial charge is 0.326 e. The third kappa shape index (κ3) is 5.26. The summed E-state index contributed by atoms with van der Waals surface area (Å²) in [5.41, 5.74) is 1.79. The molecular formula is C16H21NO3. The second-order valence-corrected chi connectivity index (χ2v) is 5.15. The Morgan fingerprint density at radius 2 is 1.90 bits per heavy atom. The van der Waals surface area contributed by atoms with Gasteiger partial charge in [-0.3, -0.25) is 4.79 Å².